The average Bonchev–Trinajstić information content (AvgIpc) is 2.89. The Balaban J connectivity index is 1.91. The predicted octanol–water partition coefficient (Wildman–Crippen LogP) is 3.25. The molecule has 1 aliphatic carbocycles. The van der Waals surface area contributed by atoms with Crippen LogP contribution in [-0.4, -0.2) is 17.0 Å². The fraction of sp³-hybridized carbons (Fsp3) is 0.333. The van der Waals surface area contributed by atoms with Crippen LogP contribution in [0.1, 0.15) is 29.1 Å². The first-order chi connectivity index (χ1) is 9.26. The van der Waals surface area contributed by atoms with Crippen LogP contribution in [0.15, 0.2) is 24.3 Å². The number of rotatable bonds is 3. The summed E-state index contributed by atoms with van der Waals surface area (Å²) in [7, 11) is 1.92. The molecule has 0 spiro atoms. The number of anilines is 1. The Bertz CT molecular complexity index is 593. The summed E-state index contributed by atoms with van der Waals surface area (Å²) in [5, 5.41) is 3.95. The van der Waals surface area contributed by atoms with E-state index in [2.05, 4.69) is 10.3 Å². The van der Waals surface area contributed by atoms with Crippen molar-refractivity contribution in [2.75, 3.05) is 12.4 Å². The van der Waals surface area contributed by atoms with Crippen LogP contribution in [0, 0.1) is 0 Å². The van der Waals surface area contributed by atoms with Gasteiger partial charge in [-0.2, -0.15) is 0 Å². The Kier molecular flexibility index (Phi) is 3.38. The zero-order chi connectivity index (χ0) is 13.2. The van der Waals surface area contributed by atoms with Crippen molar-refractivity contribution in [1.29, 1.82) is 0 Å². The summed E-state index contributed by atoms with van der Waals surface area (Å²) >= 11 is 5.90. The van der Waals surface area contributed by atoms with Crippen LogP contribution in [0.4, 0.5) is 5.82 Å². The Hall–Kier alpha value is -1.61. The van der Waals surface area contributed by atoms with E-state index in [1.807, 2.05) is 31.3 Å². The van der Waals surface area contributed by atoms with Gasteiger partial charge < -0.3 is 5.32 Å². The molecule has 0 fully saturated rings. The maximum Gasteiger partial charge on any atom is 0.135 e. The lowest BCUT2D eigenvalue weighted by molar-refractivity contribution is 0.886. The van der Waals surface area contributed by atoms with E-state index in [0.717, 1.165) is 35.9 Å². The van der Waals surface area contributed by atoms with Gasteiger partial charge in [-0.05, 0) is 37.0 Å². The molecule has 3 nitrogen and oxygen atoms in total. The minimum absolute atomic E-state index is 0.749. The zero-order valence-corrected chi connectivity index (χ0v) is 11.7. The van der Waals surface area contributed by atoms with Gasteiger partial charge in [-0.25, -0.2) is 9.97 Å². The zero-order valence-electron chi connectivity index (χ0n) is 10.9. The smallest absolute Gasteiger partial charge is 0.135 e. The summed E-state index contributed by atoms with van der Waals surface area (Å²) in [5.41, 5.74) is 3.69. The molecule has 1 aromatic carbocycles. The van der Waals surface area contributed by atoms with E-state index in [1.165, 1.54) is 23.2 Å². The normalized spacial score (nSPS) is 13.4. The molecular weight excluding hydrogens is 258 g/mol. The number of benzene rings is 1. The first-order valence-electron chi connectivity index (χ1n) is 6.57. The molecule has 0 radical (unpaired) electrons. The third-order valence-electron chi connectivity index (χ3n) is 3.49. The number of nitrogens with one attached hydrogen (secondary N) is 1. The summed E-state index contributed by atoms with van der Waals surface area (Å²) in [6.07, 6.45) is 4.09. The SMILES string of the molecule is CNc1nc(Cc2ccc(Cl)cc2)nc2c1CCC2. The van der Waals surface area contributed by atoms with E-state index in [4.69, 9.17) is 16.6 Å². The largest absolute Gasteiger partial charge is 0.373 e. The molecular formula is C15H16ClN3. The van der Waals surface area contributed by atoms with Gasteiger partial charge in [0.15, 0.2) is 0 Å². The molecule has 3 rings (SSSR count). The van der Waals surface area contributed by atoms with Crippen LogP contribution in [0.3, 0.4) is 0 Å². The summed E-state index contributed by atoms with van der Waals surface area (Å²) < 4.78 is 0. The number of halogens is 1. The van der Waals surface area contributed by atoms with E-state index in [0.29, 0.717) is 0 Å². The van der Waals surface area contributed by atoms with Crippen molar-refractivity contribution in [3.8, 4) is 0 Å². The molecule has 98 valence electrons. The van der Waals surface area contributed by atoms with E-state index < -0.39 is 0 Å². The number of aromatic nitrogens is 2. The highest BCUT2D eigenvalue weighted by Crippen LogP contribution is 2.26. The molecule has 19 heavy (non-hydrogen) atoms. The molecule has 0 amide bonds. The van der Waals surface area contributed by atoms with Crippen LogP contribution in [0.25, 0.3) is 0 Å². The van der Waals surface area contributed by atoms with Gasteiger partial charge in [-0.15, -0.1) is 0 Å². The Labute approximate surface area is 118 Å². The van der Waals surface area contributed by atoms with Crippen LogP contribution >= 0.6 is 11.6 Å². The van der Waals surface area contributed by atoms with Crippen LogP contribution in [-0.2, 0) is 19.3 Å². The number of hydrogen-bond acceptors (Lipinski definition) is 3. The number of hydrogen-bond donors (Lipinski definition) is 1. The van der Waals surface area contributed by atoms with Gasteiger partial charge in [-0.3, -0.25) is 0 Å². The molecule has 0 saturated carbocycles. The van der Waals surface area contributed by atoms with E-state index in [1.54, 1.807) is 0 Å². The molecule has 4 heteroatoms. The Morgan fingerprint density at radius 3 is 2.68 bits per heavy atom. The number of nitrogens with zero attached hydrogens (tertiary/aromatic N) is 2. The molecule has 0 saturated heterocycles. The minimum Gasteiger partial charge on any atom is -0.373 e. The third-order valence-corrected chi connectivity index (χ3v) is 3.74. The minimum atomic E-state index is 0.749. The second kappa shape index (κ2) is 5.17. The fourth-order valence-corrected chi connectivity index (χ4v) is 2.68. The molecule has 1 aromatic heterocycles. The van der Waals surface area contributed by atoms with Crippen molar-refractivity contribution in [2.24, 2.45) is 0 Å². The van der Waals surface area contributed by atoms with Crippen molar-refractivity contribution in [3.05, 3.63) is 51.9 Å². The van der Waals surface area contributed by atoms with Crippen molar-refractivity contribution >= 4 is 17.4 Å². The first-order valence-corrected chi connectivity index (χ1v) is 6.95. The Morgan fingerprint density at radius 2 is 1.95 bits per heavy atom. The lowest BCUT2D eigenvalue weighted by atomic mass is 10.1. The summed E-state index contributed by atoms with van der Waals surface area (Å²) in [6, 6.07) is 7.86. The molecule has 1 aliphatic rings. The number of aryl methyl sites for hydroxylation is 1. The van der Waals surface area contributed by atoms with Crippen LogP contribution in [0.5, 0.6) is 0 Å². The monoisotopic (exact) mass is 273 g/mol. The molecule has 0 aliphatic heterocycles. The molecule has 0 atom stereocenters. The van der Waals surface area contributed by atoms with Crippen molar-refractivity contribution in [2.45, 2.75) is 25.7 Å². The second-order valence-corrected chi connectivity index (χ2v) is 5.26. The van der Waals surface area contributed by atoms with Gasteiger partial charge in [0.2, 0.25) is 0 Å². The second-order valence-electron chi connectivity index (χ2n) is 4.82. The van der Waals surface area contributed by atoms with E-state index in [9.17, 15) is 0 Å². The van der Waals surface area contributed by atoms with Crippen LogP contribution in [0.2, 0.25) is 5.02 Å². The van der Waals surface area contributed by atoms with Crippen molar-refractivity contribution < 1.29 is 0 Å². The van der Waals surface area contributed by atoms with E-state index >= 15 is 0 Å². The molecule has 1 heterocycles. The third kappa shape index (κ3) is 2.56. The maximum absolute atomic E-state index is 5.90. The van der Waals surface area contributed by atoms with Gasteiger partial charge in [-0.1, -0.05) is 23.7 Å². The van der Waals surface area contributed by atoms with Crippen molar-refractivity contribution in [3.63, 3.8) is 0 Å². The molecule has 0 unspecified atom stereocenters. The average molecular weight is 274 g/mol. The van der Waals surface area contributed by atoms with Gasteiger partial charge in [0.1, 0.15) is 11.6 Å². The predicted molar refractivity (Wildman–Crippen MR) is 77.9 cm³/mol. The summed E-state index contributed by atoms with van der Waals surface area (Å²) in [4.78, 5) is 9.32. The quantitative estimate of drug-likeness (QED) is 0.933. The lowest BCUT2D eigenvalue weighted by Gasteiger charge is -2.09. The van der Waals surface area contributed by atoms with Crippen molar-refractivity contribution in [1.82, 2.24) is 9.97 Å². The van der Waals surface area contributed by atoms with Gasteiger partial charge in [0.25, 0.3) is 0 Å². The van der Waals surface area contributed by atoms with Gasteiger partial charge >= 0.3 is 0 Å². The highest BCUT2D eigenvalue weighted by Gasteiger charge is 2.18. The molecule has 0 bridgehead atoms. The van der Waals surface area contributed by atoms with Gasteiger partial charge in [0, 0.05) is 29.7 Å². The first kappa shape index (κ1) is 12.4. The van der Waals surface area contributed by atoms with E-state index in [-0.39, 0.29) is 0 Å². The molecule has 1 N–H and O–H groups in total. The maximum atomic E-state index is 5.90. The summed E-state index contributed by atoms with van der Waals surface area (Å²) in [5.74, 6) is 1.87. The van der Waals surface area contributed by atoms with Gasteiger partial charge in [0.05, 0.1) is 0 Å². The molecule has 2 aromatic rings. The standard InChI is InChI=1S/C15H16ClN3/c1-17-15-12-3-2-4-13(12)18-14(19-15)9-10-5-7-11(16)8-6-10/h5-8H,2-4,9H2,1H3,(H,17,18,19). The fourth-order valence-electron chi connectivity index (χ4n) is 2.55. The number of fused-ring (bicyclic) bond motifs is 1. The Morgan fingerprint density at radius 1 is 1.16 bits per heavy atom. The highest BCUT2D eigenvalue weighted by molar-refractivity contribution is 6.30. The summed E-state index contributed by atoms with van der Waals surface area (Å²) in [6.45, 7) is 0. The highest BCUT2D eigenvalue weighted by atomic mass is 35.5. The topological polar surface area (TPSA) is 37.8 Å². The van der Waals surface area contributed by atoms with Crippen LogP contribution < -0.4 is 5.32 Å². The lowest BCUT2D eigenvalue weighted by Crippen LogP contribution is -2.06.